The van der Waals surface area contributed by atoms with E-state index in [4.69, 9.17) is 10.5 Å². The van der Waals surface area contributed by atoms with Crippen molar-refractivity contribution in [2.24, 2.45) is 10.7 Å². The zero-order valence-electron chi connectivity index (χ0n) is 10.0. The molecule has 0 atom stereocenters. The Morgan fingerprint density at radius 2 is 2.12 bits per heavy atom. The van der Waals surface area contributed by atoms with E-state index in [1.807, 2.05) is 24.3 Å². The van der Waals surface area contributed by atoms with Gasteiger partial charge in [0.15, 0.2) is 5.96 Å². The second-order valence-electron chi connectivity index (χ2n) is 4.76. The number of hydrogen-bond donors (Lipinski definition) is 1. The fraction of sp³-hybridized carbons (Fsp3) is 0.462. The zero-order chi connectivity index (χ0) is 11.9. The maximum Gasteiger partial charge on any atom is 0.196 e. The molecule has 3 rings (SSSR count). The Balaban J connectivity index is 2.04. The molecule has 0 amide bonds. The molecule has 1 spiro atoms. The number of rotatable bonds is 2. The van der Waals surface area contributed by atoms with Gasteiger partial charge in [0, 0.05) is 0 Å². The summed E-state index contributed by atoms with van der Waals surface area (Å²) in [4.78, 5) is 6.57. The summed E-state index contributed by atoms with van der Waals surface area (Å²) in [5.74, 6) is 1.48. The Labute approximate surface area is 101 Å². The maximum atomic E-state index is 6.04. The van der Waals surface area contributed by atoms with E-state index < -0.39 is 0 Å². The van der Waals surface area contributed by atoms with Crippen LogP contribution in [0.25, 0.3) is 0 Å². The van der Waals surface area contributed by atoms with Gasteiger partial charge in [-0.1, -0.05) is 12.1 Å². The van der Waals surface area contributed by atoms with Crippen molar-refractivity contribution in [3.8, 4) is 5.75 Å². The summed E-state index contributed by atoms with van der Waals surface area (Å²) < 4.78 is 5.42. The van der Waals surface area contributed by atoms with Crippen LogP contribution in [0.1, 0.15) is 19.3 Å². The van der Waals surface area contributed by atoms with E-state index >= 15 is 0 Å². The van der Waals surface area contributed by atoms with Crippen LogP contribution >= 0.6 is 0 Å². The van der Waals surface area contributed by atoms with E-state index in [1.54, 1.807) is 7.11 Å². The molecule has 1 fully saturated rings. The van der Waals surface area contributed by atoms with Gasteiger partial charge in [-0.3, -0.25) is 4.99 Å². The number of aliphatic imine (C=N–C) groups is 1. The molecule has 2 N–H and O–H groups in total. The largest absolute Gasteiger partial charge is 0.495 e. The van der Waals surface area contributed by atoms with Gasteiger partial charge in [-0.15, -0.1) is 0 Å². The van der Waals surface area contributed by atoms with Crippen LogP contribution in [-0.2, 0) is 0 Å². The van der Waals surface area contributed by atoms with Gasteiger partial charge in [-0.05, 0) is 31.4 Å². The standard InChI is InChI=1S/C13H17N3O/c1-17-11-6-3-2-5-10(11)16-12(14)15-9-13(16)7-4-8-13/h2-3,5-6H,4,7-9H2,1H3,(H2,14,15). The number of nitrogens with two attached hydrogens (primary N) is 1. The molecule has 2 aliphatic rings. The maximum absolute atomic E-state index is 6.04. The number of guanidine groups is 1. The third-order valence-electron chi connectivity index (χ3n) is 3.85. The molecule has 1 aliphatic heterocycles. The summed E-state index contributed by atoms with van der Waals surface area (Å²) in [5.41, 5.74) is 7.20. The molecule has 0 aromatic heterocycles. The van der Waals surface area contributed by atoms with Crippen molar-refractivity contribution in [1.29, 1.82) is 0 Å². The summed E-state index contributed by atoms with van der Waals surface area (Å²) in [6, 6.07) is 7.99. The monoisotopic (exact) mass is 231 g/mol. The number of methoxy groups -OCH3 is 1. The quantitative estimate of drug-likeness (QED) is 0.843. The van der Waals surface area contributed by atoms with Crippen molar-refractivity contribution < 1.29 is 4.74 Å². The summed E-state index contributed by atoms with van der Waals surface area (Å²) in [7, 11) is 1.69. The molecule has 0 bridgehead atoms. The highest BCUT2D eigenvalue weighted by Crippen LogP contribution is 2.45. The Morgan fingerprint density at radius 3 is 2.76 bits per heavy atom. The molecule has 0 unspecified atom stereocenters. The number of benzene rings is 1. The van der Waals surface area contributed by atoms with E-state index in [1.165, 1.54) is 6.42 Å². The van der Waals surface area contributed by atoms with Crippen LogP contribution in [-0.4, -0.2) is 25.2 Å². The van der Waals surface area contributed by atoms with E-state index in [-0.39, 0.29) is 5.54 Å². The van der Waals surface area contributed by atoms with Gasteiger partial charge in [0.25, 0.3) is 0 Å². The minimum absolute atomic E-state index is 0.124. The molecule has 1 aliphatic carbocycles. The molecule has 4 heteroatoms. The lowest BCUT2D eigenvalue weighted by atomic mass is 9.76. The van der Waals surface area contributed by atoms with Crippen LogP contribution in [0.4, 0.5) is 5.69 Å². The van der Waals surface area contributed by atoms with Crippen LogP contribution in [0.15, 0.2) is 29.3 Å². The number of para-hydroxylation sites is 2. The average molecular weight is 231 g/mol. The van der Waals surface area contributed by atoms with E-state index in [2.05, 4.69) is 9.89 Å². The van der Waals surface area contributed by atoms with Crippen molar-refractivity contribution in [3.05, 3.63) is 24.3 Å². The third kappa shape index (κ3) is 1.40. The van der Waals surface area contributed by atoms with Crippen LogP contribution in [0, 0.1) is 0 Å². The summed E-state index contributed by atoms with van der Waals surface area (Å²) in [5, 5.41) is 0. The molecule has 0 saturated heterocycles. The zero-order valence-corrected chi connectivity index (χ0v) is 10.0. The first-order valence-electron chi connectivity index (χ1n) is 6.00. The number of nitrogens with zero attached hydrogens (tertiary/aromatic N) is 2. The highest BCUT2D eigenvalue weighted by molar-refractivity contribution is 5.99. The second-order valence-corrected chi connectivity index (χ2v) is 4.76. The van der Waals surface area contributed by atoms with Gasteiger partial charge in [0.05, 0.1) is 24.9 Å². The van der Waals surface area contributed by atoms with Crippen LogP contribution in [0.5, 0.6) is 5.75 Å². The first-order valence-corrected chi connectivity index (χ1v) is 6.00. The average Bonchev–Trinajstić information content (AvgIpc) is 2.66. The van der Waals surface area contributed by atoms with Crippen LogP contribution in [0.2, 0.25) is 0 Å². The summed E-state index contributed by atoms with van der Waals surface area (Å²) in [6.45, 7) is 0.816. The number of ether oxygens (including phenoxy) is 1. The highest BCUT2D eigenvalue weighted by atomic mass is 16.5. The van der Waals surface area contributed by atoms with Crippen molar-refractivity contribution in [3.63, 3.8) is 0 Å². The van der Waals surface area contributed by atoms with Crippen molar-refractivity contribution in [1.82, 2.24) is 0 Å². The molecule has 0 radical (unpaired) electrons. The molecular formula is C13H17N3O. The fourth-order valence-electron chi connectivity index (χ4n) is 2.77. The SMILES string of the molecule is COc1ccccc1N1C(N)=NCC12CCC2. The van der Waals surface area contributed by atoms with Crippen molar-refractivity contribution in [2.75, 3.05) is 18.6 Å². The van der Waals surface area contributed by atoms with E-state index in [9.17, 15) is 0 Å². The van der Waals surface area contributed by atoms with Crippen molar-refractivity contribution in [2.45, 2.75) is 24.8 Å². The Kier molecular flexibility index (Phi) is 2.24. The van der Waals surface area contributed by atoms with E-state index in [0.717, 1.165) is 30.8 Å². The van der Waals surface area contributed by atoms with Crippen molar-refractivity contribution >= 4 is 11.6 Å². The number of hydrogen-bond acceptors (Lipinski definition) is 4. The van der Waals surface area contributed by atoms with Gasteiger partial charge < -0.3 is 15.4 Å². The minimum atomic E-state index is 0.124. The summed E-state index contributed by atoms with van der Waals surface area (Å²) >= 11 is 0. The molecule has 1 heterocycles. The Morgan fingerprint density at radius 1 is 1.35 bits per heavy atom. The lowest BCUT2D eigenvalue weighted by Gasteiger charge is -2.46. The van der Waals surface area contributed by atoms with Gasteiger partial charge in [0.1, 0.15) is 5.75 Å². The molecular weight excluding hydrogens is 214 g/mol. The predicted octanol–water partition coefficient (Wildman–Crippen LogP) is 1.75. The topological polar surface area (TPSA) is 50.9 Å². The van der Waals surface area contributed by atoms with Gasteiger partial charge in [-0.2, -0.15) is 0 Å². The number of anilines is 1. The first-order chi connectivity index (χ1) is 8.27. The predicted molar refractivity (Wildman–Crippen MR) is 68.5 cm³/mol. The molecule has 1 aromatic carbocycles. The second kappa shape index (κ2) is 3.65. The lowest BCUT2D eigenvalue weighted by Crippen LogP contribution is -2.56. The first kappa shape index (κ1) is 10.4. The molecule has 1 saturated carbocycles. The Bertz CT molecular complexity index is 465. The minimum Gasteiger partial charge on any atom is -0.495 e. The molecule has 17 heavy (non-hydrogen) atoms. The van der Waals surface area contributed by atoms with Gasteiger partial charge in [0.2, 0.25) is 0 Å². The summed E-state index contributed by atoms with van der Waals surface area (Å²) in [6.07, 6.45) is 3.58. The highest BCUT2D eigenvalue weighted by Gasteiger charge is 2.48. The normalized spacial score (nSPS) is 21.2. The molecule has 4 nitrogen and oxygen atoms in total. The third-order valence-corrected chi connectivity index (χ3v) is 3.85. The lowest BCUT2D eigenvalue weighted by molar-refractivity contribution is 0.270. The van der Waals surface area contributed by atoms with Crippen LogP contribution in [0.3, 0.4) is 0 Å². The molecule has 90 valence electrons. The van der Waals surface area contributed by atoms with E-state index in [0.29, 0.717) is 5.96 Å². The smallest absolute Gasteiger partial charge is 0.196 e. The van der Waals surface area contributed by atoms with Gasteiger partial charge in [-0.25, -0.2) is 0 Å². The van der Waals surface area contributed by atoms with Crippen LogP contribution < -0.4 is 15.4 Å². The fourth-order valence-corrected chi connectivity index (χ4v) is 2.77. The Hall–Kier alpha value is -1.71. The van der Waals surface area contributed by atoms with Gasteiger partial charge >= 0.3 is 0 Å². The molecule has 1 aromatic rings.